The van der Waals surface area contributed by atoms with Crippen LogP contribution >= 0.6 is 15.9 Å². The summed E-state index contributed by atoms with van der Waals surface area (Å²) < 4.78 is 16.0. The highest BCUT2D eigenvalue weighted by Gasteiger charge is 2.07. The second-order valence-corrected chi connectivity index (χ2v) is 4.66. The molecule has 0 aliphatic heterocycles. The maximum atomic E-state index is 13.3. The van der Waals surface area contributed by atoms with Crippen LogP contribution in [0.1, 0.15) is 6.42 Å². The molecule has 1 aromatic carbocycles. The molecule has 17 heavy (non-hydrogen) atoms. The molecule has 0 spiro atoms. The third kappa shape index (κ3) is 2.92. The molecule has 0 fully saturated rings. The highest BCUT2D eigenvalue weighted by Crippen LogP contribution is 2.23. The maximum absolute atomic E-state index is 13.3. The zero-order valence-electron chi connectivity index (χ0n) is 9.24. The molecule has 1 aromatic heterocycles. The fourth-order valence-corrected chi connectivity index (χ4v) is 2.16. The van der Waals surface area contributed by atoms with E-state index in [4.69, 9.17) is 5.73 Å². The number of halogens is 2. The minimum absolute atomic E-state index is 0.275. The average Bonchev–Trinajstić information content (AvgIpc) is 2.73. The van der Waals surface area contributed by atoms with E-state index in [2.05, 4.69) is 20.9 Å². The molecule has 1 heterocycles. The highest BCUT2D eigenvalue weighted by atomic mass is 79.9. The lowest BCUT2D eigenvalue weighted by molar-refractivity contribution is 0.625. The zero-order valence-corrected chi connectivity index (χ0v) is 10.8. The van der Waals surface area contributed by atoms with Crippen molar-refractivity contribution in [1.29, 1.82) is 0 Å². The fourth-order valence-electron chi connectivity index (χ4n) is 1.69. The average molecular weight is 298 g/mol. The van der Waals surface area contributed by atoms with E-state index >= 15 is 0 Å². The Kier molecular flexibility index (Phi) is 3.91. The summed E-state index contributed by atoms with van der Waals surface area (Å²) in [5.41, 5.74) is 6.24. The lowest BCUT2D eigenvalue weighted by atomic mass is 10.2. The van der Waals surface area contributed by atoms with Crippen molar-refractivity contribution in [3.05, 3.63) is 40.9 Å². The predicted molar refractivity (Wildman–Crippen MR) is 69.0 cm³/mol. The first-order chi connectivity index (χ1) is 8.20. The van der Waals surface area contributed by atoms with E-state index < -0.39 is 0 Å². The van der Waals surface area contributed by atoms with Gasteiger partial charge in [0.15, 0.2) is 0 Å². The van der Waals surface area contributed by atoms with Gasteiger partial charge < -0.3 is 10.3 Å². The van der Waals surface area contributed by atoms with E-state index in [0.717, 1.165) is 24.4 Å². The molecule has 2 rings (SSSR count). The zero-order chi connectivity index (χ0) is 12.3. The molecule has 0 amide bonds. The van der Waals surface area contributed by atoms with Gasteiger partial charge in [-0.2, -0.15) is 0 Å². The van der Waals surface area contributed by atoms with Crippen LogP contribution in [0.5, 0.6) is 0 Å². The molecule has 2 N–H and O–H groups in total. The smallest absolute Gasteiger partial charge is 0.140 e. The molecule has 0 unspecified atom stereocenters. The van der Waals surface area contributed by atoms with Gasteiger partial charge in [-0.1, -0.05) is 15.9 Å². The molecule has 90 valence electrons. The fraction of sp³-hybridized carbons (Fsp3) is 0.250. The van der Waals surface area contributed by atoms with E-state index in [-0.39, 0.29) is 5.82 Å². The van der Waals surface area contributed by atoms with E-state index in [0.29, 0.717) is 11.0 Å². The second kappa shape index (κ2) is 5.42. The molecule has 5 heteroatoms. The van der Waals surface area contributed by atoms with Crippen LogP contribution in [0.25, 0.3) is 11.4 Å². The normalized spacial score (nSPS) is 10.8. The topological polar surface area (TPSA) is 43.8 Å². The van der Waals surface area contributed by atoms with Crippen LogP contribution in [0, 0.1) is 5.82 Å². The molecular formula is C12H13BrFN3. The van der Waals surface area contributed by atoms with E-state index in [1.54, 1.807) is 6.20 Å². The number of aromatic nitrogens is 2. The summed E-state index contributed by atoms with van der Waals surface area (Å²) in [6, 6.07) is 4.76. The third-order valence-electron chi connectivity index (χ3n) is 2.44. The number of hydrogen-bond donors (Lipinski definition) is 1. The van der Waals surface area contributed by atoms with Crippen molar-refractivity contribution in [2.45, 2.75) is 13.0 Å². The van der Waals surface area contributed by atoms with Crippen LogP contribution in [0.2, 0.25) is 0 Å². The predicted octanol–water partition coefficient (Wildman–Crippen LogP) is 2.80. The van der Waals surface area contributed by atoms with Crippen LogP contribution in [-0.2, 0) is 6.54 Å². The lowest BCUT2D eigenvalue weighted by Gasteiger charge is -2.07. The van der Waals surface area contributed by atoms with E-state index in [1.165, 1.54) is 12.1 Å². The van der Waals surface area contributed by atoms with Gasteiger partial charge in [0.2, 0.25) is 0 Å². The van der Waals surface area contributed by atoms with Crippen molar-refractivity contribution < 1.29 is 4.39 Å². The highest BCUT2D eigenvalue weighted by molar-refractivity contribution is 9.10. The van der Waals surface area contributed by atoms with Crippen LogP contribution < -0.4 is 5.73 Å². The SMILES string of the molecule is NCCCn1ccnc1-c1cc(F)cc(Br)c1. The van der Waals surface area contributed by atoms with Gasteiger partial charge in [-0.3, -0.25) is 0 Å². The van der Waals surface area contributed by atoms with E-state index in [9.17, 15) is 4.39 Å². The van der Waals surface area contributed by atoms with Crippen molar-refractivity contribution in [1.82, 2.24) is 9.55 Å². The lowest BCUT2D eigenvalue weighted by Crippen LogP contribution is -2.06. The van der Waals surface area contributed by atoms with Crippen molar-refractivity contribution in [2.75, 3.05) is 6.54 Å². The molecule has 3 nitrogen and oxygen atoms in total. The van der Waals surface area contributed by atoms with Crippen LogP contribution in [0.3, 0.4) is 0 Å². The summed E-state index contributed by atoms with van der Waals surface area (Å²) in [5, 5.41) is 0. The number of imidazole rings is 1. The van der Waals surface area contributed by atoms with Gasteiger partial charge in [-0.25, -0.2) is 9.37 Å². The Balaban J connectivity index is 2.35. The Morgan fingerprint density at radius 3 is 2.88 bits per heavy atom. The summed E-state index contributed by atoms with van der Waals surface area (Å²) in [6.45, 7) is 1.42. The number of benzene rings is 1. The van der Waals surface area contributed by atoms with Gasteiger partial charge in [-0.15, -0.1) is 0 Å². The molecule has 0 bridgehead atoms. The first kappa shape index (κ1) is 12.3. The van der Waals surface area contributed by atoms with Gasteiger partial charge in [0, 0.05) is 29.0 Å². The Hall–Kier alpha value is -1.20. The molecule has 0 atom stereocenters. The number of nitrogens with two attached hydrogens (primary N) is 1. The third-order valence-corrected chi connectivity index (χ3v) is 2.90. The monoisotopic (exact) mass is 297 g/mol. The minimum atomic E-state index is -0.275. The number of nitrogens with zero attached hydrogens (tertiary/aromatic N) is 2. The first-order valence-electron chi connectivity index (χ1n) is 5.38. The summed E-state index contributed by atoms with van der Waals surface area (Å²) in [4.78, 5) is 4.26. The van der Waals surface area contributed by atoms with E-state index in [1.807, 2.05) is 16.8 Å². The number of aryl methyl sites for hydroxylation is 1. The Bertz CT molecular complexity index is 490. The number of rotatable bonds is 4. The van der Waals surface area contributed by atoms with Crippen LogP contribution in [0.4, 0.5) is 4.39 Å². The van der Waals surface area contributed by atoms with Gasteiger partial charge >= 0.3 is 0 Å². The molecular weight excluding hydrogens is 285 g/mol. The standard InChI is InChI=1S/C12H13BrFN3/c13-10-6-9(7-11(14)8-10)12-16-3-5-17(12)4-1-2-15/h3,5-8H,1-2,4,15H2. The first-order valence-corrected chi connectivity index (χ1v) is 6.17. The Morgan fingerprint density at radius 1 is 1.35 bits per heavy atom. The minimum Gasteiger partial charge on any atom is -0.331 e. The molecule has 0 aliphatic rings. The molecule has 2 aromatic rings. The summed E-state index contributed by atoms with van der Waals surface area (Å²) in [6.07, 6.45) is 4.47. The molecule has 0 saturated heterocycles. The van der Waals surface area contributed by atoms with Gasteiger partial charge in [-0.05, 0) is 31.2 Å². The summed E-state index contributed by atoms with van der Waals surface area (Å²) in [7, 11) is 0. The number of hydrogen-bond acceptors (Lipinski definition) is 2. The largest absolute Gasteiger partial charge is 0.331 e. The Labute approximate surface area is 108 Å². The molecule has 0 aliphatic carbocycles. The van der Waals surface area contributed by atoms with Gasteiger partial charge in [0.05, 0.1) is 0 Å². The Morgan fingerprint density at radius 2 is 2.18 bits per heavy atom. The van der Waals surface area contributed by atoms with Crippen molar-refractivity contribution in [2.24, 2.45) is 5.73 Å². The van der Waals surface area contributed by atoms with Crippen molar-refractivity contribution >= 4 is 15.9 Å². The van der Waals surface area contributed by atoms with Crippen molar-refractivity contribution in [3.8, 4) is 11.4 Å². The quantitative estimate of drug-likeness (QED) is 0.943. The van der Waals surface area contributed by atoms with Crippen LogP contribution in [0.15, 0.2) is 35.1 Å². The molecule has 0 radical (unpaired) electrons. The molecule has 0 saturated carbocycles. The van der Waals surface area contributed by atoms with Gasteiger partial charge in [0.1, 0.15) is 11.6 Å². The summed E-state index contributed by atoms with van der Waals surface area (Å²) in [5.74, 6) is 0.487. The van der Waals surface area contributed by atoms with Crippen molar-refractivity contribution in [3.63, 3.8) is 0 Å². The van der Waals surface area contributed by atoms with Gasteiger partial charge in [0.25, 0.3) is 0 Å². The summed E-state index contributed by atoms with van der Waals surface area (Å²) >= 11 is 3.28. The van der Waals surface area contributed by atoms with Crippen LogP contribution in [-0.4, -0.2) is 16.1 Å². The second-order valence-electron chi connectivity index (χ2n) is 3.74. The maximum Gasteiger partial charge on any atom is 0.140 e.